The Hall–Kier alpha value is -1.44. The van der Waals surface area contributed by atoms with E-state index in [2.05, 4.69) is 13.8 Å². The molecule has 0 aromatic heterocycles. The normalized spacial score (nSPS) is 16.6. The Morgan fingerprint density at radius 1 is 1.22 bits per heavy atom. The fourth-order valence-electron chi connectivity index (χ4n) is 3.39. The van der Waals surface area contributed by atoms with Gasteiger partial charge in [-0.05, 0) is 37.8 Å². The first-order valence-electron chi connectivity index (χ1n) is 9.60. The highest BCUT2D eigenvalue weighted by Gasteiger charge is 2.33. The number of rotatable bonds is 8. The SMILES string of the molecule is COCCN(CC(C)C)C(=O)C1CCN(S(=O)(=O)c2ccc(C)cc2)CC1. The number of ether oxygens (including phenoxy) is 1. The molecule has 0 N–H and O–H groups in total. The molecule has 0 unspecified atom stereocenters. The highest BCUT2D eigenvalue weighted by atomic mass is 32.2. The molecule has 1 fully saturated rings. The molecule has 1 amide bonds. The van der Waals surface area contributed by atoms with Crippen LogP contribution < -0.4 is 0 Å². The van der Waals surface area contributed by atoms with Gasteiger partial charge in [0.1, 0.15) is 0 Å². The molecule has 1 heterocycles. The van der Waals surface area contributed by atoms with Gasteiger partial charge in [0.15, 0.2) is 0 Å². The van der Waals surface area contributed by atoms with Gasteiger partial charge in [0, 0.05) is 39.2 Å². The third-order valence-corrected chi connectivity index (χ3v) is 6.84. The van der Waals surface area contributed by atoms with Gasteiger partial charge in [0.25, 0.3) is 0 Å². The van der Waals surface area contributed by atoms with Crippen molar-refractivity contribution in [2.75, 3.05) is 39.9 Å². The molecule has 0 atom stereocenters. The second-order valence-electron chi connectivity index (χ2n) is 7.66. The Kier molecular flexibility index (Phi) is 7.82. The Bertz CT molecular complexity index is 708. The van der Waals surface area contributed by atoms with Crippen LogP contribution in [0.3, 0.4) is 0 Å². The second-order valence-corrected chi connectivity index (χ2v) is 9.60. The van der Waals surface area contributed by atoms with E-state index in [0.29, 0.717) is 56.4 Å². The molecular formula is C20H32N2O4S. The maximum atomic E-state index is 12.9. The number of carbonyl (C=O) groups excluding carboxylic acids is 1. The quantitative estimate of drug-likeness (QED) is 0.677. The van der Waals surface area contributed by atoms with Gasteiger partial charge in [0.05, 0.1) is 11.5 Å². The van der Waals surface area contributed by atoms with Crippen molar-refractivity contribution in [3.63, 3.8) is 0 Å². The van der Waals surface area contributed by atoms with Crippen LogP contribution in [0, 0.1) is 18.8 Å². The number of aryl methyl sites for hydroxylation is 1. The van der Waals surface area contributed by atoms with E-state index in [-0.39, 0.29) is 11.8 Å². The van der Waals surface area contributed by atoms with Crippen molar-refractivity contribution in [1.82, 2.24) is 9.21 Å². The second kappa shape index (κ2) is 9.66. The maximum absolute atomic E-state index is 12.9. The first-order chi connectivity index (χ1) is 12.8. The molecule has 0 aliphatic carbocycles. The lowest BCUT2D eigenvalue weighted by atomic mass is 9.96. The Morgan fingerprint density at radius 3 is 2.33 bits per heavy atom. The fraction of sp³-hybridized carbons (Fsp3) is 0.650. The van der Waals surface area contributed by atoms with Gasteiger partial charge >= 0.3 is 0 Å². The van der Waals surface area contributed by atoms with Gasteiger partial charge in [0.2, 0.25) is 15.9 Å². The highest BCUT2D eigenvalue weighted by molar-refractivity contribution is 7.89. The topological polar surface area (TPSA) is 66.9 Å². The summed E-state index contributed by atoms with van der Waals surface area (Å²) in [6, 6.07) is 6.92. The van der Waals surface area contributed by atoms with Crippen LogP contribution in [0.1, 0.15) is 32.3 Å². The maximum Gasteiger partial charge on any atom is 0.243 e. The van der Waals surface area contributed by atoms with Crippen molar-refractivity contribution in [2.24, 2.45) is 11.8 Å². The minimum atomic E-state index is -3.49. The first-order valence-corrected chi connectivity index (χ1v) is 11.0. The summed E-state index contributed by atoms with van der Waals surface area (Å²) < 4.78 is 32.3. The van der Waals surface area contributed by atoms with Gasteiger partial charge in [-0.25, -0.2) is 8.42 Å². The molecule has 0 radical (unpaired) electrons. The van der Waals surface area contributed by atoms with Crippen LogP contribution in [0.15, 0.2) is 29.2 Å². The molecule has 2 rings (SSSR count). The predicted octanol–water partition coefficient (Wildman–Crippen LogP) is 2.53. The van der Waals surface area contributed by atoms with Crippen LogP contribution in [-0.4, -0.2) is 63.4 Å². The van der Waals surface area contributed by atoms with E-state index in [1.807, 2.05) is 24.0 Å². The van der Waals surface area contributed by atoms with Crippen molar-refractivity contribution < 1.29 is 17.9 Å². The number of benzene rings is 1. The van der Waals surface area contributed by atoms with Crippen LogP contribution in [-0.2, 0) is 19.6 Å². The lowest BCUT2D eigenvalue weighted by Gasteiger charge is -2.34. The molecule has 1 saturated heterocycles. The summed E-state index contributed by atoms with van der Waals surface area (Å²) in [6.45, 7) is 8.66. The van der Waals surface area contributed by atoms with Gasteiger partial charge in [-0.15, -0.1) is 0 Å². The number of nitrogens with zero attached hydrogens (tertiary/aromatic N) is 2. The molecule has 1 aromatic rings. The van der Waals surface area contributed by atoms with E-state index < -0.39 is 10.0 Å². The predicted molar refractivity (Wildman–Crippen MR) is 106 cm³/mol. The number of piperidine rings is 1. The summed E-state index contributed by atoms with van der Waals surface area (Å²) in [7, 11) is -1.86. The van der Waals surface area contributed by atoms with Crippen molar-refractivity contribution in [2.45, 2.75) is 38.5 Å². The van der Waals surface area contributed by atoms with E-state index in [1.165, 1.54) is 4.31 Å². The van der Waals surface area contributed by atoms with Gasteiger partial charge < -0.3 is 9.64 Å². The summed E-state index contributed by atoms with van der Waals surface area (Å²) in [5.41, 5.74) is 1.03. The summed E-state index contributed by atoms with van der Waals surface area (Å²) in [6.07, 6.45) is 1.12. The average molecular weight is 397 g/mol. The summed E-state index contributed by atoms with van der Waals surface area (Å²) in [5, 5.41) is 0. The van der Waals surface area contributed by atoms with Crippen LogP contribution in [0.4, 0.5) is 0 Å². The monoisotopic (exact) mass is 396 g/mol. The third kappa shape index (κ3) is 5.77. The summed E-state index contributed by atoms with van der Waals surface area (Å²) in [5.74, 6) is 0.381. The van der Waals surface area contributed by atoms with Gasteiger partial charge in [-0.3, -0.25) is 4.79 Å². The molecule has 7 heteroatoms. The molecular weight excluding hydrogens is 364 g/mol. The van der Waals surface area contributed by atoms with Gasteiger partial charge in [-0.1, -0.05) is 31.5 Å². The average Bonchev–Trinajstić information content (AvgIpc) is 2.64. The number of methoxy groups -OCH3 is 1. The number of hydrogen-bond acceptors (Lipinski definition) is 4. The molecule has 0 spiro atoms. The zero-order chi connectivity index (χ0) is 20.0. The molecule has 1 aliphatic heterocycles. The number of carbonyl (C=O) groups is 1. The van der Waals surface area contributed by atoms with Crippen LogP contribution in [0.5, 0.6) is 0 Å². The Balaban J connectivity index is 2.00. The van der Waals surface area contributed by atoms with E-state index in [0.717, 1.165) is 5.56 Å². The highest BCUT2D eigenvalue weighted by Crippen LogP contribution is 2.25. The minimum Gasteiger partial charge on any atom is -0.383 e. The van der Waals surface area contributed by atoms with Gasteiger partial charge in [-0.2, -0.15) is 4.31 Å². The van der Waals surface area contributed by atoms with Crippen molar-refractivity contribution in [3.8, 4) is 0 Å². The fourth-order valence-corrected chi connectivity index (χ4v) is 4.86. The molecule has 6 nitrogen and oxygen atoms in total. The summed E-state index contributed by atoms with van der Waals surface area (Å²) >= 11 is 0. The summed E-state index contributed by atoms with van der Waals surface area (Å²) in [4.78, 5) is 15.1. The number of sulfonamides is 1. The molecule has 0 saturated carbocycles. The zero-order valence-corrected chi connectivity index (χ0v) is 17.7. The first kappa shape index (κ1) is 21.9. The molecule has 27 heavy (non-hydrogen) atoms. The van der Waals surface area contributed by atoms with E-state index in [1.54, 1.807) is 19.2 Å². The third-order valence-electron chi connectivity index (χ3n) is 4.92. The minimum absolute atomic E-state index is 0.119. The van der Waals surface area contributed by atoms with E-state index in [4.69, 9.17) is 4.74 Å². The van der Waals surface area contributed by atoms with Crippen LogP contribution >= 0.6 is 0 Å². The van der Waals surface area contributed by atoms with Crippen molar-refractivity contribution in [1.29, 1.82) is 0 Å². The largest absolute Gasteiger partial charge is 0.383 e. The number of amides is 1. The van der Waals surface area contributed by atoms with Crippen LogP contribution in [0.25, 0.3) is 0 Å². The lowest BCUT2D eigenvalue weighted by molar-refractivity contribution is -0.138. The van der Waals surface area contributed by atoms with Crippen molar-refractivity contribution >= 4 is 15.9 Å². The number of hydrogen-bond donors (Lipinski definition) is 0. The van der Waals surface area contributed by atoms with E-state index in [9.17, 15) is 13.2 Å². The lowest BCUT2D eigenvalue weighted by Crippen LogP contribution is -2.46. The zero-order valence-electron chi connectivity index (χ0n) is 16.8. The van der Waals surface area contributed by atoms with Crippen molar-refractivity contribution in [3.05, 3.63) is 29.8 Å². The smallest absolute Gasteiger partial charge is 0.243 e. The standard InChI is InChI=1S/C20H32N2O4S/c1-16(2)15-21(13-14-26-4)20(23)18-9-11-22(12-10-18)27(24,25)19-7-5-17(3)6-8-19/h5-8,16,18H,9-15H2,1-4H3. The molecule has 0 bridgehead atoms. The molecule has 152 valence electrons. The van der Waals surface area contributed by atoms with E-state index >= 15 is 0 Å². The molecule has 1 aromatic carbocycles. The molecule has 1 aliphatic rings. The Labute approximate surface area is 163 Å². The van der Waals surface area contributed by atoms with Crippen LogP contribution in [0.2, 0.25) is 0 Å². The Morgan fingerprint density at radius 2 is 1.81 bits per heavy atom.